The summed E-state index contributed by atoms with van der Waals surface area (Å²) < 4.78 is 0. The van der Waals surface area contributed by atoms with E-state index >= 15 is 0 Å². The molecule has 2 saturated heterocycles. The second-order valence-electron chi connectivity index (χ2n) is 6.29. The lowest BCUT2D eigenvalue weighted by atomic mass is 10.1. The second-order valence-corrected chi connectivity index (χ2v) is 6.29. The summed E-state index contributed by atoms with van der Waals surface area (Å²) in [5.74, 6) is 1.14. The molecule has 2 rings (SSSR count). The van der Waals surface area contributed by atoms with E-state index in [-0.39, 0.29) is 0 Å². The van der Waals surface area contributed by atoms with Gasteiger partial charge in [-0.3, -0.25) is 4.79 Å². The molecule has 118 valence electrons. The van der Waals surface area contributed by atoms with Gasteiger partial charge in [0.05, 0.1) is 0 Å². The third-order valence-corrected chi connectivity index (χ3v) is 4.63. The Kier molecular flexibility index (Phi) is 6.43. The third kappa shape index (κ3) is 4.95. The molecule has 2 aliphatic heterocycles. The first-order valence-corrected chi connectivity index (χ1v) is 8.36. The third-order valence-electron chi connectivity index (χ3n) is 4.63. The summed E-state index contributed by atoms with van der Waals surface area (Å²) in [4.78, 5) is 20.8. The molecular weight excluding hydrogens is 262 g/mol. The van der Waals surface area contributed by atoms with Crippen molar-refractivity contribution in [1.82, 2.24) is 9.80 Å². The Morgan fingerprint density at radius 3 is 2.52 bits per heavy atom. The zero-order chi connectivity index (χ0) is 15.1. The van der Waals surface area contributed by atoms with E-state index in [0.717, 1.165) is 49.3 Å². The molecule has 4 heteroatoms. The molecule has 0 amide bonds. The van der Waals surface area contributed by atoms with Crippen LogP contribution in [-0.4, -0.2) is 55.1 Å². The number of carbonyl (C=O) groups excluding carboxylic acids is 1. The predicted octanol–water partition coefficient (Wildman–Crippen LogP) is 2.85. The molecular formula is C17H29N3O. The Morgan fingerprint density at radius 2 is 1.86 bits per heavy atom. The molecule has 0 aromatic rings. The van der Waals surface area contributed by atoms with Crippen molar-refractivity contribution in [2.75, 3.05) is 33.2 Å². The summed E-state index contributed by atoms with van der Waals surface area (Å²) in [5.41, 5.74) is 1.78. The molecule has 0 aliphatic carbocycles. The van der Waals surface area contributed by atoms with Gasteiger partial charge in [-0.15, -0.1) is 0 Å². The Bertz CT molecular complexity index is 408. The molecule has 2 aliphatic rings. The van der Waals surface area contributed by atoms with Crippen molar-refractivity contribution >= 4 is 12.1 Å². The molecule has 0 atom stereocenters. The van der Waals surface area contributed by atoms with E-state index in [2.05, 4.69) is 16.8 Å². The summed E-state index contributed by atoms with van der Waals surface area (Å²) in [6, 6.07) is 0. The highest BCUT2D eigenvalue weighted by Crippen LogP contribution is 2.16. The average Bonchev–Trinajstić information content (AvgIpc) is 2.51. The lowest BCUT2D eigenvalue weighted by Gasteiger charge is -2.27. The molecule has 0 N–H and O–H groups in total. The van der Waals surface area contributed by atoms with E-state index in [1.54, 1.807) is 0 Å². The van der Waals surface area contributed by atoms with Gasteiger partial charge < -0.3 is 9.80 Å². The Labute approximate surface area is 128 Å². The van der Waals surface area contributed by atoms with Crippen LogP contribution >= 0.6 is 0 Å². The van der Waals surface area contributed by atoms with Crippen molar-refractivity contribution in [2.45, 2.75) is 51.9 Å². The zero-order valence-corrected chi connectivity index (χ0v) is 13.6. The highest BCUT2D eigenvalue weighted by molar-refractivity contribution is 5.84. The van der Waals surface area contributed by atoms with E-state index in [0.29, 0.717) is 0 Å². The highest BCUT2D eigenvalue weighted by Gasteiger charge is 2.14. The normalized spacial score (nSPS) is 24.1. The maximum Gasteiger partial charge on any atom is 0.147 e. The average molecular weight is 291 g/mol. The molecule has 2 heterocycles. The highest BCUT2D eigenvalue weighted by atomic mass is 16.1. The van der Waals surface area contributed by atoms with Crippen molar-refractivity contribution < 1.29 is 4.79 Å². The largest absolute Gasteiger partial charge is 0.363 e. The van der Waals surface area contributed by atoms with Crippen LogP contribution in [0, 0.1) is 0 Å². The maximum atomic E-state index is 11.4. The first-order valence-electron chi connectivity index (χ1n) is 8.36. The number of hydrogen-bond acceptors (Lipinski definition) is 3. The minimum Gasteiger partial charge on any atom is -0.363 e. The molecule has 0 aromatic carbocycles. The number of amidine groups is 1. The SMILES string of the molecule is C/C(N=C1CCCCN1C)=C(/C=O)CCN1CCCCC1. The number of nitrogens with zero attached hydrogens (tertiary/aromatic N) is 3. The van der Waals surface area contributed by atoms with Crippen LogP contribution in [0.1, 0.15) is 51.9 Å². The fourth-order valence-electron chi connectivity index (χ4n) is 3.15. The molecule has 0 aromatic heterocycles. The zero-order valence-electron chi connectivity index (χ0n) is 13.6. The maximum absolute atomic E-state index is 11.4. The van der Waals surface area contributed by atoms with E-state index in [9.17, 15) is 4.79 Å². The summed E-state index contributed by atoms with van der Waals surface area (Å²) in [5, 5.41) is 0. The molecule has 2 fully saturated rings. The minimum atomic E-state index is 0.829. The second kappa shape index (κ2) is 8.32. The Morgan fingerprint density at radius 1 is 1.14 bits per heavy atom. The van der Waals surface area contributed by atoms with Crippen LogP contribution < -0.4 is 0 Å². The summed E-state index contributed by atoms with van der Waals surface area (Å²) in [7, 11) is 2.10. The quantitative estimate of drug-likeness (QED) is 0.577. The number of aliphatic imine (C=N–C) groups is 1. The van der Waals surface area contributed by atoms with Crippen LogP contribution in [-0.2, 0) is 4.79 Å². The molecule has 0 saturated carbocycles. The lowest BCUT2D eigenvalue weighted by Crippen LogP contribution is -2.32. The smallest absolute Gasteiger partial charge is 0.147 e. The van der Waals surface area contributed by atoms with Crippen molar-refractivity contribution in [1.29, 1.82) is 0 Å². The molecule has 0 radical (unpaired) electrons. The van der Waals surface area contributed by atoms with Crippen LogP contribution in [0.2, 0.25) is 0 Å². The first kappa shape index (κ1) is 16.2. The molecule has 0 bridgehead atoms. The van der Waals surface area contributed by atoms with Crippen LogP contribution in [0.4, 0.5) is 0 Å². The van der Waals surface area contributed by atoms with Gasteiger partial charge in [0.1, 0.15) is 12.1 Å². The summed E-state index contributed by atoms with van der Waals surface area (Å²) >= 11 is 0. The van der Waals surface area contributed by atoms with E-state index < -0.39 is 0 Å². The summed E-state index contributed by atoms with van der Waals surface area (Å²) in [6.45, 7) is 6.42. The Hall–Kier alpha value is -1.16. The minimum absolute atomic E-state index is 0.829. The topological polar surface area (TPSA) is 35.9 Å². The molecule has 4 nitrogen and oxygen atoms in total. The molecule has 0 unspecified atom stereocenters. The predicted molar refractivity (Wildman–Crippen MR) is 87.6 cm³/mol. The molecule has 21 heavy (non-hydrogen) atoms. The number of carbonyl (C=O) groups is 1. The number of likely N-dealkylation sites (tertiary alicyclic amines) is 2. The first-order chi connectivity index (χ1) is 10.2. The van der Waals surface area contributed by atoms with Gasteiger partial charge in [0.15, 0.2) is 0 Å². The van der Waals surface area contributed by atoms with Gasteiger partial charge in [-0.25, -0.2) is 4.99 Å². The fourth-order valence-corrected chi connectivity index (χ4v) is 3.15. The van der Waals surface area contributed by atoms with E-state index in [1.807, 2.05) is 6.92 Å². The number of piperidine rings is 2. The number of rotatable bonds is 5. The van der Waals surface area contributed by atoms with Crippen molar-refractivity contribution in [3.63, 3.8) is 0 Å². The van der Waals surface area contributed by atoms with Gasteiger partial charge in [0.2, 0.25) is 0 Å². The van der Waals surface area contributed by atoms with Crippen molar-refractivity contribution in [3.8, 4) is 0 Å². The number of aldehydes is 1. The number of hydrogen-bond donors (Lipinski definition) is 0. The van der Waals surface area contributed by atoms with Crippen molar-refractivity contribution in [3.05, 3.63) is 11.3 Å². The standard InChI is InChI=1S/C17H29N3O/c1-15(18-17-8-4-7-10-19(17)2)16(14-21)9-13-20-11-5-3-6-12-20/h14H,3-13H2,1-2H3/b16-15-,18-17?. The van der Waals surface area contributed by atoms with Gasteiger partial charge in [-0.1, -0.05) is 6.42 Å². The van der Waals surface area contributed by atoms with Crippen LogP contribution in [0.3, 0.4) is 0 Å². The van der Waals surface area contributed by atoms with Crippen LogP contribution in [0.25, 0.3) is 0 Å². The fraction of sp³-hybridized carbons (Fsp3) is 0.765. The van der Waals surface area contributed by atoms with Crippen LogP contribution in [0.5, 0.6) is 0 Å². The van der Waals surface area contributed by atoms with Gasteiger partial charge in [-0.05, 0) is 52.1 Å². The number of allylic oxidation sites excluding steroid dienone is 1. The van der Waals surface area contributed by atoms with Crippen LogP contribution in [0.15, 0.2) is 16.3 Å². The van der Waals surface area contributed by atoms with Gasteiger partial charge >= 0.3 is 0 Å². The van der Waals surface area contributed by atoms with E-state index in [1.165, 1.54) is 45.2 Å². The summed E-state index contributed by atoms with van der Waals surface area (Å²) in [6.07, 6.45) is 9.27. The monoisotopic (exact) mass is 291 g/mol. The Balaban J connectivity index is 1.96. The molecule has 0 spiro atoms. The van der Waals surface area contributed by atoms with Gasteiger partial charge in [0.25, 0.3) is 0 Å². The van der Waals surface area contributed by atoms with Crippen molar-refractivity contribution in [2.24, 2.45) is 4.99 Å². The van der Waals surface area contributed by atoms with Gasteiger partial charge in [-0.2, -0.15) is 0 Å². The lowest BCUT2D eigenvalue weighted by molar-refractivity contribution is -0.105. The van der Waals surface area contributed by atoms with E-state index in [4.69, 9.17) is 4.99 Å². The van der Waals surface area contributed by atoms with Gasteiger partial charge in [0, 0.05) is 37.8 Å².